The molecule has 0 aliphatic heterocycles. The molecule has 0 aromatic heterocycles. The van der Waals surface area contributed by atoms with Gasteiger partial charge in [-0.3, -0.25) is 9.59 Å². The zero-order valence-corrected chi connectivity index (χ0v) is 13.2. The van der Waals surface area contributed by atoms with E-state index in [0.29, 0.717) is 12.8 Å². The molecule has 0 bridgehead atoms. The average Bonchev–Trinajstić information content (AvgIpc) is 2.45. The third-order valence-electron chi connectivity index (χ3n) is 2.95. The fourth-order valence-corrected chi connectivity index (χ4v) is 2.82. The van der Waals surface area contributed by atoms with Crippen LogP contribution in [-0.4, -0.2) is 28.5 Å². The largest absolute Gasteiger partial charge is 0.481 e. The van der Waals surface area contributed by atoms with Crippen LogP contribution in [0.15, 0.2) is 24.3 Å². The number of hydrogen-bond donors (Lipinski definition) is 2. The maximum absolute atomic E-state index is 11.8. The van der Waals surface area contributed by atoms with Crippen molar-refractivity contribution in [3.8, 4) is 0 Å². The Morgan fingerprint density at radius 3 is 2.76 bits per heavy atom. The molecule has 0 atom stereocenters. The lowest BCUT2D eigenvalue weighted by molar-refractivity contribution is -0.137. The zero-order chi connectivity index (χ0) is 15.5. The Morgan fingerprint density at radius 1 is 1.24 bits per heavy atom. The van der Waals surface area contributed by atoms with E-state index in [1.165, 1.54) is 12.8 Å². The van der Waals surface area contributed by atoms with Crippen molar-refractivity contribution in [1.29, 1.82) is 0 Å². The quantitative estimate of drug-likeness (QED) is 0.648. The Hall–Kier alpha value is -1.49. The summed E-state index contributed by atoms with van der Waals surface area (Å²) >= 11 is 1.81. The SMILES string of the molecule is CCCCSCCC(=O)Nc1cccc(CCC(=O)O)c1. The van der Waals surface area contributed by atoms with Gasteiger partial charge in [-0.2, -0.15) is 11.8 Å². The van der Waals surface area contributed by atoms with Crippen LogP contribution in [0.5, 0.6) is 0 Å². The molecule has 1 aromatic rings. The van der Waals surface area contributed by atoms with Crippen molar-refractivity contribution in [2.75, 3.05) is 16.8 Å². The number of amides is 1. The second kappa shape index (κ2) is 10.3. The van der Waals surface area contributed by atoms with Gasteiger partial charge in [-0.1, -0.05) is 25.5 Å². The number of carboxylic acids is 1. The molecule has 0 radical (unpaired) electrons. The minimum Gasteiger partial charge on any atom is -0.481 e. The van der Waals surface area contributed by atoms with E-state index >= 15 is 0 Å². The number of rotatable bonds is 10. The Balaban J connectivity index is 2.34. The van der Waals surface area contributed by atoms with Crippen molar-refractivity contribution in [3.05, 3.63) is 29.8 Å². The summed E-state index contributed by atoms with van der Waals surface area (Å²) in [4.78, 5) is 22.4. The molecule has 0 aliphatic rings. The van der Waals surface area contributed by atoms with E-state index in [4.69, 9.17) is 5.11 Å². The first-order valence-electron chi connectivity index (χ1n) is 7.30. The van der Waals surface area contributed by atoms with Gasteiger partial charge in [0.05, 0.1) is 0 Å². The van der Waals surface area contributed by atoms with Gasteiger partial charge in [0.15, 0.2) is 0 Å². The lowest BCUT2D eigenvalue weighted by Crippen LogP contribution is -2.12. The molecule has 1 aromatic carbocycles. The summed E-state index contributed by atoms with van der Waals surface area (Å²) in [6.07, 6.45) is 3.46. The molecular formula is C16H23NO3S. The number of thioether (sulfide) groups is 1. The molecular weight excluding hydrogens is 286 g/mol. The van der Waals surface area contributed by atoms with Crippen molar-refractivity contribution in [3.63, 3.8) is 0 Å². The molecule has 0 heterocycles. The number of benzene rings is 1. The van der Waals surface area contributed by atoms with Gasteiger partial charge in [0.2, 0.25) is 5.91 Å². The van der Waals surface area contributed by atoms with E-state index in [2.05, 4.69) is 12.2 Å². The van der Waals surface area contributed by atoms with E-state index in [1.54, 1.807) is 11.8 Å². The highest BCUT2D eigenvalue weighted by molar-refractivity contribution is 7.99. The summed E-state index contributed by atoms with van der Waals surface area (Å²) in [5.41, 5.74) is 1.66. The second-order valence-corrected chi connectivity index (χ2v) is 6.08. The lowest BCUT2D eigenvalue weighted by atomic mass is 10.1. The third-order valence-corrected chi connectivity index (χ3v) is 4.02. The summed E-state index contributed by atoms with van der Waals surface area (Å²) < 4.78 is 0. The van der Waals surface area contributed by atoms with Crippen LogP contribution < -0.4 is 5.32 Å². The highest BCUT2D eigenvalue weighted by atomic mass is 32.2. The smallest absolute Gasteiger partial charge is 0.303 e. The van der Waals surface area contributed by atoms with Gasteiger partial charge in [0.25, 0.3) is 0 Å². The molecule has 0 spiro atoms. The maximum Gasteiger partial charge on any atom is 0.303 e. The molecule has 2 N–H and O–H groups in total. The van der Waals surface area contributed by atoms with Crippen molar-refractivity contribution < 1.29 is 14.7 Å². The first-order chi connectivity index (χ1) is 10.1. The summed E-state index contributed by atoms with van der Waals surface area (Å²) in [5.74, 6) is 1.14. The number of aliphatic carboxylic acids is 1. The number of nitrogens with one attached hydrogen (secondary N) is 1. The van der Waals surface area contributed by atoms with E-state index in [9.17, 15) is 9.59 Å². The maximum atomic E-state index is 11.8. The first kappa shape index (κ1) is 17.6. The number of aryl methyl sites for hydroxylation is 1. The van der Waals surface area contributed by atoms with Crippen LogP contribution in [-0.2, 0) is 16.0 Å². The molecule has 0 unspecified atom stereocenters. The summed E-state index contributed by atoms with van der Waals surface area (Å²) in [5, 5.41) is 11.5. The zero-order valence-electron chi connectivity index (χ0n) is 12.4. The number of anilines is 1. The van der Waals surface area contributed by atoms with Crippen molar-refractivity contribution >= 4 is 29.3 Å². The molecule has 5 heteroatoms. The second-order valence-electron chi connectivity index (χ2n) is 4.86. The number of carbonyl (C=O) groups excluding carboxylic acids is 1. The molecule has 4 nitrogen and oxygen atoms in total. The minimum absolute atomic E-state index is 0.00869. The van der Waals surface area contributed by atoms with Crippen LogP contribution in [0.2, 0.25) is 0 Å². The average molecular weight is 309 g/mol. The predicted octanol–water partition coefficient (Wildman–Crippen LogP) is 3.57. The highest BCUT2D eigenvalue weighted by Gasteiger charge is 2.04. The number of carbonyl (C=O) groups is 2. The highest BCUT2D eigenvalue weighted by Crippen LogP contribution is 2.13. The minimum atomic E-state index is -0.812. The van der Waals surface area contributed by atoms with Gasteiger partial charge in [0.1, 0.15) is 0 Å². The molecule has 0 fully saturated rings. The van der Waals surface area contributed by atoms with Gasteiger partial charge in [-0.25, -0.2) is 0 Å². The summed E-state index contributed by atoms with van der Waals surface area (Å²) in [6, 6.07) is 7.37. The van der Waals surface area contributed by atoms with Gasteiger partial charge in [-0.05, 0) is 36.3 Å². The first-order valence-corrected chi connectivity index (χ1v) is 8.45. The standard InChI is InChI=1S/C16H23NO3S/c1-2-3-10-21-11-9-15(18)17-14-6-4-5-13(12-14)7-8-16(19)20/h4-6,12H,2-3,7-11H2,1H3,(H,17,18)(H,19,20). The van der Waals surface area contributed by atoms with Crippen molar-refractivity contribution in [2.45, 2.75) is 39.0 Å². The Kier molecular flexibility index (Phi) is 8.59. The summed E-state index contributed by atoms with van der Waals surface area (Å²) in [6.45, 7) is 2.16. The fraction of sp³-hybridized carbons (Fsp3) is 0.500. The normalized spacial score (nSPS) is 10.3. The summed E-state index contributed by atoms with van der Waals surface area (Å²) in [7, 11) is 0. The number of carboxylic acid groups (broad SMARTS) is 1. The third kappa shape index (κ3) is 8.40. The van der Waals surface area contributed by atoms with Gasteiger partial charge in [0, 0.05) is 24.3 Å². The van der Waals surface area contributed by atoms with Gasteiger partial charge >= 0.3 is 5.97 Å². The predicted molar refractivity (Wildman–Crippen MR) is 87.9 cm³/mol. The van der Waals surface area contributed by atoms with Crippen LogP contribution in [0.1, 0.15) is 38.2 Å². The Labute approximate surface area is 130 Å². The molecule has 0 saturated heterocycles. The molecule has 0 aliphatic carbocycles. The number of unbranched alkanes of at least 4 members (excludes halogenated alkanes) is 1. The Morgan fingerprint density at radius 2 is 2.05 bits per heavy atom. The van der Waals surface area contributed by atoms with Crippen molar-refractivity contribution in [1.82, 2.24) is 0 Å². The molecule has 0 saturated carbocycles. The van der Waals surface area contributed by atoms with E-state index < -0.39 is 5.97 Å². The molecule has 1 amide bonds. The van der Waals surface area contributed by atoms with Crippen LogP contribution >= 0.6 is 11.8 Å². The topological polar surface area (TPSA) is 66.4 Å². The van der Waals surface area contributed by atoms with Gasteiger partial charge in [-0.15, -0.1) is 0 Å². The lowest BCUT2D eigenvalue weighted by Gasteiger charge is -2.07. The monoisotopic (exact) mass is 309 g/mol. The Bertz CT molecular complexity index is 463. The fourth-order valence-electron chi connectivity index (χ4n) is 1.79. The van der Waals surface area contributed by atoms with Crippen LogP contribution in [0.25, 0.3) is 0 Å². The van der Waals surface area contributed by atoms with E-state index in [-0.39, 0.29) is 12.3 Å². The molecule has 116 valence electrons. The van der Waals surface area contributed by atoms with Crippen LogP contribution in [0, 0.1) is 0 Å². The number of hydrogen-bond acceptors (Lipinski definition) is 3. The van der Waals surface area contributed by atoms with Crippen molar-refractivity contribution in [2.24, 2.45) is 0 Å². The van der Waals surface area contributed by atoms with E-state index in [1.807, 2.05) is 24.3 Å². The molecule has 21 heavy (non-hydrogen) atoms. The molecule has 1 rings (SSSR count). The van der Waals surface area contributed by atoms with Crippen LogP contribution in [0.3, 0.4) is 0 Å². The van der Waals surface area contributed by atoms with E-state index in [0.717, 1.165) is 22.8 Å². The van der Waals surface area contributed by atoms with Gasteiger partial charge < -0.3 is 10.4 Å². The van der Waals surface area contributed by atoms with Crippen LogP contribution in [0.4, 0.5) is 5.69 Å².